The molecule has 2 heterocycles. The smallest absolute Gasteiger partial charge is 0.263 e. The molecule has 2 aromatic heterocycles. The number of pyridine rings is 1. The van der Waals surface area contributed by atoms with Gasteiger partial charge in [0.1, 0.15) is 17.4 Å². The molecule has 1 N–H and O–H groups in total. The number of nitrogens with one attached hydrogen (secondary N) is 1. The molecule has 0 aliphatic carbocycles. The van der Waals surface area contributed by atoms with Crippen LogP contribution in [0.2, 0.25) is 0 Å². The summed E-state index contributed by atoms with van der Waals surface area (Å²) in [4.78, 5) is 17.0. The number of carbonyl (C=O) groups is 1. The third-order valence-electron chi connectivity index (χ3n) is 4.40. The fraction of sp³-hybridized carbons (Fsp3) is 0.0909. The van der Waals surface area contributed by atoms with Gasteiger partial charge in [-0.2, -0.15) is 15.0 Å². The first kappa shape index (κ1) is 18.2. The van der Waals surface area contributed by atoms with Gasteiger partial charge in [-0.05, 0) is 36.8 Å². The lowest BCUT2D eigenvalue weighted by molar-refractivity contribution is -0.118. The van der Waals surface area contributed by atoms with Gasteiger partial charge in [0.15, 0.2) is 18.2 Å². The number of aromatic nitrogens is 3. The topological polar surface area (TPSA) is 92.8 Å². The zero-order valence-electron chi connectivity index (χ0n) is 15.7. The van der Waals surface area contributed by atoms with Crippen molar-refractivity contribution in [2.24, 2.45) is 0 Å². The van der Waals surface area contributed by atoms with E-state index in [1.54, 1.807) is 12.1 Å². The van der Waals surface area contributed by atoms with E-state index in [0.29, 0.717) is 11.6 Å². The molecule has 0 saturated carbocycles. The lowest BCUT2D eigenvalue weighted by atomic mass is 10.2. The summed E-state index contributed by atoms with van der Waals surface area (Å²) in [6.07, 6.45) is 1.40. The van der Waals surface area contributed by atoms with Gasteiger partial charge in [-0.3, -0.25) is 4.79 Å². The van der Waals surface area contributed by atoms with Crippen molar-refractivity contribution in [3.63, 3.8) is 0 Å². The van der Waals surface area contributed by atoms with Crippen LogP contribution in [0.1, 0.15) is 11.1 Å². The van der Waals surface area contributed by atoms with Crippen molar-refractivity contribution in [3.8, 4) is 17.6 Å². The average Bonchev–Trinajstić information content (AvgIpc) is 3.15. The van der Waals surface area contributed by atoms with Crippen LogP contribution in [0.3, 0.4) is 0 Å². The molecule has 1 amide bonds. The molecule has 0 aliphatic rings. The Labute approximate surface area is 167 Å². The quantitative estimate of drug-likeness (QED) is 0.568. The number of aryl methyl sites for hydroxylation is 1. The molecule has 2 aromatic carbocycles. The molecule has 7 nitrogen and oxygen atoms in total. The van der Waals surface area contributed by atoms with E-state index in [1.807, 2.05) is 61.5 Å². The zero-order chi connectivity index (χ0) is 20.2. The first-order chi connectivity index (χ1) is 14.2. The lowest BCUT2D eigenvalue weighted by Gasteiger charge is -2.11. The van der Waals surface area contributed by atoms with Crippen molar-refractivity contribution in [2.75, 3.05) is 11.9 Å². The summed E-state index contributed by atoms with van der Waals surface area (Å²) in [6, 6.07) is 20.9. The van der Waals surface area contributed by atoms with Gasteiger partial charge in [-0.15, -0.1) is 0 Å². The Bertz CT molecular complexity index is 1240. The molecule has 29 heavy (non-hydrogen) atoms. The van der Waals surface area contributed by atoms with Gasteiger partial charge in [0.2, 0.25) is 0 Å². The summed E-state index contributed by atoms with van der Waals surface area (Å²) in [5.41, 5.74) is 1.96. The molecule has 4 rings (SSSR count). The number of hydrogen-bond acceptors (Lipinski definition) is 5. The van der Waals surface area contributed by atoms with Crippen molar-refractivity contribution in [2.45, 2.75) is 6.92 Å². The van der Waals surface area contributed by atoms with Crippen LogP contribution >= 0.6 is 0 Å². The number of nitrogens with zero attached hydrogens (tertiary/aromatic N) is 4. The van der Waals surface area contributed by atoms with Gasteiger partial charge in [0, 0.05) is 5.39 Å². The van der Waals surface area contributed by atoms with E-state index in [1.165, 1.54) is 10.9 Å². The van der Waals surface area contributed by atoms with Crippen LogP contribution in [0.5, 0.6) is 5.75 Å². The van der Waals surface area contributed by atoms with E-state index in [4.69, 9.17) is 4.74 Å². The fourth-order valence-electron chi connectivity index (χ4n) is 2.93. The maximum absolute atomic E-state index is 12.5. The van der Waals surface area contributed by atoms with Crippen molar-refractivity contribution < 1.29 is 9.53 Å². The number of nitriles is 1. The number of amides is 1. The first-order valence-electron chi connectivity index (χ1n) is 8.98. The van der Waals surface area contributed by atoms with Gasteiger partial charge in [-0.25, -0.2) is 4.98 Å². The fourth-order valence-corrected chi connectivity index (χ4v) is 2.93. The van der Waals surface area contributed by atoms with Crippen molar-refractivity contribution in [1.82, 2.24) is 14.8 Å². The van der Waals surface area contributed by atoms with Crippen LogP contribution in [0, 0.1) is 18.3 Å². The number of rotatable bonds is 5. The number of benzene rings is 2. The third-order valence-corrected chi connectivity index (χ3v) is 4.40. The van der Waals surface area contributed by atoms with E-state index in [2.05, 4.69) is 15.4 Å². The van der Waals surface area contributed by atoms with E-state index in [0.717, 1.165) is 16.5 Å². The van der Waals surface area contributed by atoms with Gasteiger partial charge >= 0.3 is 0 Å². The number of para-hydroxylation sites is 2. The molecular formula is C22H17N5O2. The average molecular weight is 383 g/mol. The molecule has 0 spiro atoms. The van der Waals surface area contributed by atoms with Gasteiger partial charge in [0.25, 0.3) is 5.91 Å². The predicted molar refractivity (Wildman–Crippen MR) is 109 cm³/mol. The van der Waals surface area contributed by atoms with Crippen LogP contribution in [0.25, 0.3) is 16.7 Å². The Morgan fingerprint density at radius 2 is 1.93 bits per heavy atom. The summed E-state index contributed by atoms with van der Waals surface area (Å²) < 4.78 is 7.02. The summed E-state index contributed by atoms with van der Waals surface area (Å²) in [5.74, 6) is 0.995. The van der Waals surface area contributed by atoms with Crippen LogP contribution in [-0.2, 0) is 4.79 Å². The van der Waals surface area contributed by atoms with E-state index in [-0.39, 0.29) is 18.0 Å². The molecule has 0 atom stereocenters. The SMILES string of the molecule is Cc1ccccc1OCC(=O)Nc1c(C#N)cnn1-c1ccc2ccccc2n1. The van der Waals surface area contributed by atoms with Crippen molar-refractivity contribution in [3.05, 3.63) is 78.0 Å². The number of anilines is 1. The molecule has 0 aliphatic heterocycles. The maximum atomic E-state index is 12.5. The summed E-state index contributed by atoms with van der Waals surface area (Å²) in [6.45, 7) is 1.72. The summed E-state index contributed by atoms with van der Waals surface area (Å²) in [7, 11) is 0. The number of fused-ring (bicyclic) bond motifs is 1. The second-order valence-electron chi connectivity index (χ2n) is 6.39. The highest BCUT2D eigenvalue weighted by Crippen LogP contribution is 2.21. The minimum atomic E-state index is -0.396. The molecule has 0 radical (unpaired) electrons. The third kappa shape index (κ3) is 3.77. The zero-order valence-corrected chi connectivity index (χ0v) is 15.7. The highest BCUT2D eigenvalue weighted by Gasteiger charge is 2.16. The molecule has 0 saturated heterocycles. The molecule has 0 fully saturated rings. The highest BCUT2D eigenvalue weighted by atomic mass is 16.5. The van der Waals surface area contributed by atoms with Crippen LogP contribution in [0.4, 0.5) is 5.82 Å². The minimum Gasteiger partial charge on any atom is -0.483 e. The minimum absolute atomic E-state index is 0.188. The number of carbonyl (C=O) groups excluding carboxylic acids is 1. The monoisotopic (exact) mass is 383 g/mol. The van der Waals surface area contributed by atoms with Crippen LogP contribution < -0.4 is 10.1 Å². The van der Waals surface area contributed by atoms with E-state index in [9.17, 15) is 10.1 Å². The summed E-state index contributed by atoms with van der Waals surface area (Å²) in [5, 5.41) is 17.3. The first-order valence-corrected chi connectivity index (χ1v) is 8.98. The highest BCUT2D eigenvalue weighted by molar-refractivity contribution is 5.92. The molecule has 0 bridgehead atoms. The second-order valence-corrected chi connectivity index (χ2v) is 6.39. The standard InChI is InChI=1S/C22H17N5O2/c1-15-6-2-5-9-19(15)29-14-21(28)26-22-17(12-23)13-24-27(22)20-11-10-16-7-3-4-8-18(16)25-20/h2-11,13H,14H2,1H3,(H,26,28). The van der Waals surface area contributed by atoms with E-state index < -0.39 is 5.91 Å². The van der Waals surface area contributed by atoms with Gasteiger partial charge < -0.3 is 10.1 Å². The Kier molecular flexibility index (Phi) is 4.91. The van der Waals surface area contributed by atoms with E-state index >= 15 is 0 Å². The molecular weight excluding hydrogens is 366 g/mol. The second kappa shape index (κ2) is 7.82. The predicted octanol–water partition coefficient (Wildman–Crippen LogP) is 3.62. The van der Waals surface area contributed by atoms with Crippen LogP contribution in [0.15, 0.2) is 66.9 Å². The number of hydrogen-bond donors (Lipinski definition) is 1. The Morgan fingerprint density at radius 1 is 1.14 bits per heavy atom. The Balaban J connectivity index is 1.58. The maximum Gasteiger partial charge on any atom is 0.263 e. The van der Waals surface area contributed by atoms with Gasteiger partial charge in [-0.1, -0.05) is 36.4 Å². The van der Waals surface area contributed by atoms with Crippen molar-refractivity contribution >= 4 is 22.6 Å². The Hall–Kier alpha value is -4.18. The Morgan fingerprint density at radius 3 is 2.76 bits per heavy atom. The van der Waals surface area contributed by atoms with Crippen molar-refractivity contribution in [1.29, 1.82) is 5.26 Å². The molecule has 142 valence electrons. The van der Waals surface area contributed by atoms with Crippen LogP contribution in [-0.4, -0.2) is 27.3 Å². The summed E-state index contributed by atoms with van der Waals surface area (Å²) >= 11 is 0. The molecule has 4 aromatic rings. The van der Waals surface area contributed by atoms with Gasteiger partial charge in [0.05, 0.1) is 11.7 Å². The lowest BCUT2D eigenvalue weighted by Crippen LogP contribution is -2.22. The largest absolute Gasteiger partial charge is 0.483 e. The molecule has 7 heteroatoms. The number of ether oxygens (including phenoxy) is 1. The normalized spacial score (nSPS) is 10.5. The molecule has 0 unspecified atom stereocenters.